The zero-order valence-corrected chi connectivity index (χ0v) is 23.2. The Morgan fingerprint density at radius 2 is 1.79 bits per heavy atom. The van der Waals surface area contributed by atoms with Gasteiger partial charge in [-0.15, -0.1) is 11.3 Å². The molecular weight excluding hydrogens is 512 g/mol. The molecule has 2 N–H and O–H groups in total. The molecular formula is C31H36N2O5S. The molecule has 1 fully saturated rings. The van der Waals surface area contributed by atoms with Crippen LogP contribution in [-0.2, 0) is 19.8 Å². The second kappa shape index (κ2) is 13.1. The quantitative estimate of drug-likeness (QED) is 0.347. The smallest absolute Gasteiger partial charge is 0.414 e. The molecule has 1 aromatic carbocycles. The molecule has 39 heavy (non-hydrogen) atoms. The molecule has 1 saturated carbocycles. The summed E-state index contributed by atoms with van der Waals surface area (Å²) in [6, 6.07) is 14.9. The lowest BCUT2D eigenvalue weighted by atomic mass is 9.70. The van der Waals surface area contributed by atoms with Crippen LogP contribution >= 0.6 is 11.3 Å². The summed E-state index contributed by atoms with van der Waals surface area (Å²) in [5.41, 5.74) is 3.30. The molecule has 0 bridgehead atoms. The predicted octanol–water partition coefficient (Wildman–Crippen LogP) is 6.04. The van der Waals surface area contributed by atoms with Crippen LogP contribution in [0.3, 0.4) is 0 Å². The maximum Gasteiger partial charge on any atom is 0.414 e. The Bertz CT molecular complexity index is 1320. The molecule has 3 heterocycles. The molecule has 0 amide bonds. The van der Waals surface area contributed by atoms with Crippen LogP contribution < -0.4 is 0 Å². The van der Waals surface area contributed by atoms with Crippen LogP contribution in [0.1, 0.15) is 63.1 Å². The molecule has 5 rings (SSSR count). The third-order valence-electron chi connectivity index (χ3n) is 7.98. The van der Waals surface area contributed by atoms with E-state index < -0.39 is 17.4 Å². The number of Topliss-reactive ketones (excluding diaryl/α,β-unsaturated/α-hetero) is 1. The molecule has 0 radical (unpaired) electrons. The zero-order chi connectivity index (χ0) is 27.8. The molecule has 1 unspecified atom stereocenters. The number of fused-ring (bicyclic) bond motifs is 1. The van der Waals surface area contributed by atoms with E-state index in [2.05, 4.69) is 58.6 Å². The number of nitrogens with zero attached hydrogens (tertiary/aromatic N) is 2. The van der Waals surface area contributed by atoms with Crippen molar-refractivity contribution in [3.8, 4) is 0 Å². The maximum atomic E-state index is 13.8. The number of aliphatic carboxylic acids is 2. The summed E-state index contributed by atoms with van der Waals surface area (Å²) in [6.07, 6.45) is 11.9. The van der Waals surface area contributed by atoms with Crippen LogP contribution in [-0.4, -0.2) is 57.5 Å². The van der Waals surface area contributed by atoms with E-state index in [-0.39, 0.29) is 5.92 Å². The van der Waals surface area contributed by atoms with Gasteiger partial charge in [0.1, 0.15) is 5.78 Å². The van der Waals surface area contributed by atoms with Gasteiger partial charge in [-0.2, -0.15) is 0 Å². The van der Waals surface area contributed by atoms with E-state index in [4.69, 9.17) is 19.8 Å². The Kier molecular flexibility index (Phi) is 9.64. The fourth-order valence-corrected chi connectivity index (χ4v) is 6.62. The second-order valence-corrected chi connectivity index (χ2v) is 11.4. The van der Waals surface area contributed by atoms with Crippen molar-refractivity contribution in [3.05, 3.63) is 71.4 Å². The Labute approximate surface area is 233 Å². The van der Waals surface area contributed by atoms with E-state index in [1.54, 1.807) is 0 Å². The SMILES string of the molecule is CC(CCN1CC=C(c2cccc3ccsc23)CC1)(C(=O)C1CCCCC1)c1ccccn1.O=C(O)C(=O)O. The molecule has 1 aliphatic heterocycles. The minimum atomic E-state index is -1.82. The van der Waals surface area contributed by atoms with E-state index in [9.17, 15) is 4.79 Å². The highest BCUT2D eigenvalue weighted by Gasteiger charge is 2.40. The monoisotopic (exact) mass is 548 g/mol. The van der Waals surface area contributed by atoms with Crippen LogP contribution in [0.4, 0.5) is 0 Å². The summed E-state index contributed by atoms with van der Waals surface area (Å²) in [5, 5.41) is 18.3. The minimum Gasteiger partial charge on any atom is -0.473 e. The van der Waals surface area contributed by atoms with Crippen LogP contribution in [0, 0.1) is 5.92 Å². The van der Waals surface area contributed by atoms with Gasteiger partial charge in [0, 0.05) is 29.9 Å². The number of hydrogen-bond acceptors (Lipinski definition) is 6. The zero-order valence-electron chi connectivity index (χ0n) is 22.3. The lowest BCUT2D eigenvalue weighted by molar-refractivity contribution is -0.159. The average molecular weight is 549 g/mol. The number of benzene rings is 1. The number of aromatic nitrogens is 1. The summed E-state index contributed by atoms with van der Waals surface area (Å²) < 4.78 is 1.40. The van der Waals surface area contributed by atoms with Gasteiger partial charge in [-0.1, -0.05) is 49.6 Å². The molecule has 0 spiro atoms. The fourth-order valence-electron chi connectivity index (χ4n) is 5.67. The van der Waals surface area contributed by atoms with Gasteiger partial charge < -0.3 is 10.2 Å². The van der Waals surface area contributed by atoms with Gasteiger partial charge in [-0.05, 0) is 79.3 Å². The van der Waals surface area contributed by atoms with Crippen molar-refractivity contribution in [2.75, 3.05) is 19.6 Å². The van der Waals surface area contributed by atoms with Crippen molar-refractivity contribution in [1.29, 1.82) is 0 Å². The van der Waals surface area contributed by atoms with Crippen LogP contribution in [0.5, 0.6) is 0 Å². The molecule has 0 saturated heterocycles. The molecule has 7 nitrogen and oxygen atoms in total. The Morgan fingerprint density at radius 1 is 1.03 bits per heavy atom. The first kappa shape index (κ1) is 28.6. The van der Waals surface area contributed by atoms with Crippen molar-refractivity contribution in [3.63, 3.8) is 0 Å². The first-order valence-electron chi connectivity index (χ1n) is 13.6. The Balaban J connectivity index is 0.000000531. The van der Waals surface area contributed by atoms with E-state index in [0.717, 1.165) is 51.0 Å². The molecule has 2 aliphatic rings. The van der Waals surface area contributed by atoms with Crippen molar-refractivity contribution in [2.24, 2.45) is 5.92 Å². The van der Waals surface area contributed by atoms with Crippen LogP contribution in [0.15, 0.2) is 60.1 Å². The largest absolute Gasteiger partial charge is 0.473 e. The number of carboxylic acid groups (broad SMARTS) is 2. The number of ketones is 1. The Hall–Kier alpha value is -3.36. The lowest BCUT2D eigenvalue weighted by Gasteiger charge is -2.35. The van der Waals surface area contributed by atoms with E-state index in [1.165, 1.54) is 40.5 Å². The Morgan fingerprint density at radius 3 is 2.44 bits per heavy atom. The van der Waals surface area contributed by atoms with E-state index in [0.29, 0.717) is 5.78 Å². The van der Waals surface area contributed by atoms with Crippen molar-refractivity contribution in [1.82, 2.24) is 9.88 Å². The minimum absolute atomic E-state index is 0.199. The van der Waals surface area contributed by atoms with E-state index >= 15 is 0 Å². The number of carboxylic acids is 2. The van der Waals surface area contributed by atoms with Crippen molar-refractivity contribution >= 4 is 44.7 Å². The number of carbonyl (C=O) groups excluding carboxylic acids is 1. The number of hydrogen-bond donors (Lipinski definition) is 2. The predicted molar refractivity (Wildman–Crippen MR) is 154 cm³/mol. The maximum absolute atomic E-state index is 13.8. The van der Waals surface area contributed by atoms with Gasteiger partial charge in [-0.25, -0.2) is 9.59 Å². The van der Waals surface area contributed by atoms with Gasteiger partial charge in [0.2, 0.25) is 0 Å². The van der Waals surface area contributed by atoms with Gasteiger partial charge in [0.25, 0.3) is 0 Å². The fraction of sp³-hybridized carbons (Fsp3) is 0.419. The van der Waals surface area contributed by atoms with Gasteiger partial charge in [0.05, 0.1) is 11.1 Å². The highest BCUT2D eigenvalue weighted by Crippen LogP contribution is 2.37. The first-order valence-corrected chi connectivity index (χ1v) is 14.5. The highest BCUT2D eigenvalue weighted by atomic mass is 32.1. The van der Waals surface area contributed by atoms with Gasteiger partial charge >= 0.3 is 11.9 Å². The molecule has 2 aromatic heterocycles. The second-order valence-electron chi connectivity index (χ2n) is 10.5. The first-order chi connectivity index (χ1) is 18.8. The molecule has 1 atom stereocenters. The number of pyridine rings is 1. The van der Waals surface area contributed by atoms with Crippen LogP contribution in [0.25, 0.3) is 15.7 Å². The standard InChI is InChI=1S/C29H34N2OS.C2H2O4/c1-29(26-12-5-6-17-30-26,28(32)24-8-3-2-4-9-24)16-20-31-18-13-22(14-19-31)25-11-7-10-23-15-21-33-27(23)25;3-1(4)2(5)6/h5-7,10-13,15,17,21,24H,2-4,8-9,14,16,18-20H2,1H3;(H,3,4)(H,5,6). The number of rotatable bonds is 7. The van der Waals surface area contributed by atoms with Gasteiger partial charge in [-0.3, -0.25) is 14.7 Å². The summed E-state index contributed by atoms with van der Waals surface area (Å²) in [5.74, 6) is -3.03. The summed E-state index contributed by atoms with van der Waals surface area (Å²) in [6.45, 7) is 5.07. The molecule has 8 heteroatoms. The summed E-state index contributed by atoms with van der Waals surface area (Å²) in [7, 11) is 0. The number of thiophene rings is 1. The number of carbonyl (C=O) groups is 3. The van der Waals surface area contributed by atoms with Crippen LogP contribution in [0.2, 0.25) is 0 Å². The third-order valence-corrected chi connectivity index (χ3v) is 8.94. The average Bonchev–Trinajstić information content (AvgIpc) is 3.46. The molecule has 3 aromatic rings. The normalized spacial score (nSPS) is 17.9. The summed E-state index contributed by atoms with van der Waals surface area (Å²) >= 11 is 1.84. The topological polar surface area (TPSA) is 108 Å². The molecule has 206 valence electrons. The summed E-state index contributed by atoms with van der Waals surface area (Å²) in [4.78, 5) is 39.1. The van der Waals surface area contributed by atoms with Gasteiger partial charge in [0.15, 0.2) is 0 Å². The van der Waals surface area contributed by atoms with Crippen molar-refractivity contribution < 1.29 is 24.6 Å². The molecule has 1 aliphatic carbocycles. The third kappa shape index (κ3) is 6.99. The van der Waals surface area contributed by atoms with Crippen molar-refractivity contribution in [2.45, 2.75) is 57.3 Å². The highest BCUT2D eigenvalue weighted by molar-refractivity contribution is 7.17. The van der Waals surface area contributed by atoms with E-state index in [1.807, 2.05) is 29.7 Å². The lowest BCUT2D eigenvalue weighted by Crippen LogP contribution is -2.42.